The summed E-state index contributed by atoms with van der Waals surface area (Å²) in [4.78, 5) is 0. The molecule has 0 bridgehead atoms. The summed E-state index contributed by atoms with van der Waals surface area (Å²) in [5.74, 6) is 1.80. The zero-order valence-electron chi connectivity index (χ0n) is 11.9. The van der Waals surface area contributed by atoms with Crippen molar-refractivity contribution in [2.24, 2.45) is 5.73 Å². The fourth-order valence-electron chi connectivity index (χ4n) is 2.50. The molecule has 3 rings (SSSR count). The van der Waals surface area contributed by atoms with E-state index >= 15 is 0 Å². The van der Waals surface area contributed by atoms with Gasteiger partial charge >= 0.3 is 0 Å². The summed E-state index contributed by atoms with van der Waals surface area (Å²) in [5, 5.41) is 0. The van der Waals surface area contributed by atoms with Gasteiger partial charge in [-0.15, -0.1) is 0 Å². The highest BCUT2D eigenvalue weighted by Gasteiger charge is 2.17. The Bertz CT molecular complexity index is 655. The Morgan fingerprint density at radius 3 is 3.00 bits per heavy atom. The average Bonchev–Trinajstić information content (AvgIpc) is 2.93. The van der Waals surface area contributed by atoms with Gasteiger partial charge in [0.15, 0.2) is 0 Å². The molecule has 21 heavy (non-hydrogen) atoms. The first-order chi connectivity index (χ1) is 10.1. The Morgan fingerprint density at radius 2 is 2.19 bits per heavy atom. The standard InChI is InChI=1S/C17H18BrNO2/c1-11(19)12-3-2-4-16(9-12)21-10-14-8-15(18)7-13-5-6-20-17(13)14/h2-4,7-9,11H,5-6,10,19H2,1H3/t11-/m1/s1. The Labute approximate surface area is 133 Å². The van der Waals surface area contributed by atoms with E-state index in [1.54, 1.807) is 0 Å². The van der Waals surface area contributed by atoms with Crippen LogP contribution in [0.3, 0.4) is 0 Å². The van der Waals surface area contributed by atoms with E-state index in [1.807, 2.05) is 31.2 Å². The highest BCUT2D eigenvalue weighted by atomic mass is 79.9. The zero-order valence-corrected chi connectivity index (χ0v) is 13.5. The van der Waals surface area contributed by atoms with Crippen molar-refractivity contribution in [2.45, 2.75) is 26.0 Å². The van der Waals surface area contributed by atoms with E-state index in [9.17, 15) is 0 Å². The first kappa shape index (κ1) is 14.4. The average molecular weight is 348 g/mol. The van der Waals surface area contributed by atoms with Gasteiger partial charge in [-0.05, 0) is 42.3 Å². The molecule has 0 amide bonds. The van der Waals surface area contributed by atoms with Crippen molar-refractivity contribution < 1.29 is 9.47 Å². The lowest BCUT2D eigenvalue weighted by molar-refractivity contribution is 0.291. The van der Waals surface area contributed by atoms with Crippen molar-refractivity contribution in [3.05, 3.63) is 57.6 Å². The molecule has 0 fully saturated rings. The van der Waals surface area contributed by atoms with E-state index in [-0.39, 0.29) is 6.04 Å². The van der Waals surface area contributed by atoms with Gasteiger partial charge in [-0.3, -0.25) is 0 Å². The van der Waals surface area contributed by atoms with Crippen LogP contribution in [-0.4, -0.2) is 6.61 Å². The Balaban J connectivity index is 1.78. The number of rotatable bonds is 4. The third-order valence-corrected chi connectivity index (χ3v) is 4.06. The number of nitrogens with two attached hydrogens (primary N) is 1. The minimum absolute atomic E-state index is 0.00648. The van der Waals surface area contributed by atoms with Gasteiger partial charge in [0.1, 0.15) is 18.1 Å². The van der Waals surface area contributed by atoms with Crippen LogP contribution in [0.4, 0.5) is 0 Å². The molecule has 2 N–H and O–H groups in total. The molecule has 1 atom stereocenters. The summed E-state index contributed by atoms with van der Waals surface area (Å²) in [6, 6.07) is 12.1. The topological polar surface area (TPSA) is 44.5 Å². The van der Waals surface area contributed by atoms with E-state index in [1.165, 1.54) is 5.56 Å². The van der Waals surface area contributed by atoms with Crippen molar-refractivity contribution in [3.63, 3.8) is 0 Å². The van der Waals surface area contributed by atoms with Crippen LogP contribution < -0.4 is 15.2 Å². The molecule has 3 nitrogen and oxygen atoms in total. The van der Waals surface area contributed by atoms with Crippen LogP contribution in [0.2, 0.25) is 0 Å². The second-order valence-corrected chi connectivity index (χ2v) is 6.22. The lowest BCUT2D eigenvalue weighted by Gasteiger charge is -2.12. The molecule has 0 saturated heterocycles. The SMILES string of the molecule is C[C@@H](N)c1cccc(OCc2cc(Br)cc3c2OCC3)c1. The molecule has 110 valence electrons. The van der Waals surface area contributed by atoms with E-state index in [0.717, 1.165) is 40.1 Å². The van der Waals surface area contributed by atoms with Gasteiger partial charge in [0.05, 0.1) is 6.61 Å². The van der Waals surface area contributed by atoms with Gasteiger partial charge in [-0.1, -0.05) is 28.1 Å². The summed E-state index contributed by atoms with van der Waals surface area (Å²) in [5.41, 5.74) is 9.29. The van der Waals surface area contributed by atoms with Crippen molar-refractivity contribution in [3.8, 4) is 11.5 Å². The summed E-state index contributed by atoms with van der Waals surface area (Å²) in [6.45, 7) is 3.21. The van der Waals surface area contributed by atoms with Gasteiger partial charge in [-0.25, -0.2) is 0 Å². The Hall–Kier alpha value is -1.52. The first-order valence-electron chi connectivity index (χ1n) is 7.06. The number of benzene rings is 2. The molecule has 2 aromatic rings. The molecule has 4 heteroatoms. The van der Waals surface area contributed by atoms with Gasteiger partial charge in [0, 0.05) is 22.5 Å². The fourth-order valence-corrected chi connectivity index (χ4v) is 3.05. The predicted molar refractivity (Wildman–Crippen MR) is 86.7 cm³/mol. The van der Waals surface area contributed by atoms with Crippen LogP contribution in [0, 0.1) is 0 Å². The molecule has 0 saturated carbocycles. The number of halogens is 1. The van der Waals surface area contributed by atoms with Crippen LogP contribution in [0.25, 0.3) is 0 Å². The monoisotopic (exact) mass is 347 g/mol. The zero-order chi connectivity index (χ0) is 14.8. The third-order valence-electron chi connectivity index (χ3n) is 3.60. The molecular formula is C17H18BrNO2. The van der Waals surface area contributed by atoms with Crippen LogP contribution >= 0.6 is 15.9 Å². The fraction of sp³-hybridized carbons (Fsp3) is 0.294. The maximum atomic E-state index is 5.91. The molecule has 0 aliphatic carbocycles. The molecule has 0 radical (unpaired) electrons. The van der Waals surface area contributed by atoms with E-state index in [0.29, 0.717) is 6.61 Å². The number of hydrogen-bond donors (Lipinski definition) is 1. The second kappa shape index (κ2) is 6.08. The normalized spacial score (nSPS) is 14.4. The summed E-state index contributed by atoms with van der Waals surface area (Å²) in [7, 11) is 0. The first-order valence-corrected chi connectivity index (χ1v) is 7.85. The summed E-state index contributed by atoms with van der Waals surface area (Å²) in [6.07, 6.45) is 0.960. The second-order valence-electron chi connectivity index (χ2n) is 5.30. The van der Waals surface area contributed by atoms with E-state index < -0.39 is 0 Å². The molecular weight excluding hydrogens is 330 g/mol. The van der Waals surface area contributed by atoms with Crippen LogP contribution in [-0.2, 0) is 13.0 Å². The maximum absolute atomic E-state index is 5.91. The van der Waals surface area contributed by atoms with Crippen molar-refractivity contribution >= 4 is 15.9 Å². The van der Waals surface area contributed by atoms with E-state index in [4.69, 9.17) is 15.2 Å². The minimum atomic E-state index is 0.00648. The van der Waals surface area contributed by atoms with E-state index in [2.05, 4.69) is 28.1 Å². The number of ether oxygens (including phenoxy) is 2. The molecule has 2 aromatic carbocycles. The molecule has 0 unspecified atom stereocenters. The molecule has 1 heterocycles. The summed E-state index contributed by atoms with van der Waals surface area (Å²) < 4.78 is 12.7. The predicted octanol–water partition coefficient (Wildman–Crippen LogP) is 3.98. The van der Waals surface area contributed by atoms with Crippen LogP contribution in [0.15, 0.2) is 40.9 Å². The number of fused-ring (bicyclic) bond motifs is 1. The van der Waals surface area contributed by atoms with Crippen LogP contribution in [0.1, 0.15) is 29.7 Å². The quantitative estimate of drug-likeness (QED) is 0.909. The largest absolute Gasteiger partial charge is 0.493 e. The lowest BCUT2D eigenvalue weighted by atomic mass is 10.1. The molecule has 0 spiro atoms. The van der Waals surface area contributed by atoms with Gasteiger partial charge < -0.3 is 15.2 Å². The lowest BCUT2D eigenvalue weighted by Crippen LogP contribution is -2.05. The Kier molecular flexibility index (Phi) is 4.17. The van der Waals surface area contributed by atoms with Crippen LogP contribution in [0.5, 0.6) is 11.5 Å². The van der Waals surface area contributed by atoms with Crippen molar-refractivity contribution in [1.29, 1.82) is 0 Å². The van der Waals surface area contributed by atoms with Gasteiger partial charge in [0.25, 0.3) is 0 Å². The van der Waals surface area contributed by atoms with Gasteiger partial charge in [-0.2, -0.15) is 0 Å². The van der Waals surface area contributed by atoms with Gasteiger partial charge in [0.2, 0.25) is 0 Å². The van der Waals surface area contributed by atoms with Crippen molar-refractivity contribution in [2.75, 3.05) is 6.61 Å². The number of hydrogen-bond acceptors (Lipinski definition) is 3. The third kappa shape index (κ3) is 3.22. The van der Waals surface area contributed by atoms with Crippen molar-refractivity contribution in [1.82, 2.24) is 0 Å². The molecule has 1 aliphatic heterocycles. The minimum Gasteiger partial charge on any atom is -0.493 e. The highest BCUT2D eigenvalue weighted by molar-refractivity contribution is 9.10. The maximum Gasteiger partial charge on any atom is 0.129 e. The molecule has 0 aromatic heterocycles. The summed E-state index contributed by atoms with van der Waals surface area (Å²) >= 11 is 3.55. The Morgan fingerprint density at radius 1 is 1.33 bits per heavy atom. The molecule has 1 aliphatic rings. The smallest absolute Gasteiger partial charge is 0.129 e. The highest BCUT2D eigenvalue weighted by Crippen LogP contribution is 2.33.